The van der Waals surface area contributed by atoms with Crippen LogP contribution in [0.4, 0.5) is 11.4 Å². The van der Waals surface area contributed by atoms with Gasteiger partial charge in [0.05, 0.1) is 20.3 Å². The number of amides is 2. The van der Waals surface area contributed by atoms with Crippen LogP contribution in [0.2, 0.25) is 0 Å². The van der Waals surface area contributed by atoms with Gasteiger partial charge in [-0.3, -0.25) is 14.5 Å². The minimum atomic E-state index is -0.707. The van der Waals surface area contributed by atoms with Gasteiger partial charge in [-0.2, -0.15) is 0 Å². The number of fused-ring (bicyclic) bond motifs is 1. The molecule has 8 nitrogen and oxygen atoms in total. The number of nitrogens with zero attached hydrogens (tertiary/aromatic N) is 2. The first-order chi connectivity index (χ1) is 17.0. The molecule has 0 radical (unpaired) electrons. The average Bonchev–Trinajstić information content (AvgIpc) is 2.89. The molecule has 1 fully saturated rings. The van der Waals surface area contributed by atoms with E-state index in [0.717, 1.165) is 45.3 Å². The largest absolute Gasteiger partial charge is 0.493 e. The molecule has 1 atom stereocenters. The van der Waals surface area contributed by atoms with Gasteiger partial charge in [-0.1, -0.05) is 18.6 Å². The number of carbonyl (C=O) groups is 2. The molecule has 0 saturated carbocycles. The summed E-state index contributed by atoms with van der Waals surface area (Å²) in [4.78, 5) is 30.1. The van der Waals surface area contributed by atoms with Crippen LogP contribution in [0.15, 0.2) is 36.4 Å². The number of aryl methyl sites for hydroxylation is 1. The molecular weight excluding hydrogens is 444 g/mol. The van der Waals surface area contributed by atoms with E-state index in [2.05, 4.69) is 45.7 Å². The lowest BCUT2D eigenvalue weighted by atomic mass is 9.95. The molecule has 2 aromatic rings. The second-order valence-corrected chi connectivity index (χ2v) is 9.26. The highest BCUT2D eigenvalue weighted by Crippen LogP contribution is 2.32. The predicted molar refractivity (Wildman–Crippen MR) is 137 cm³/mol. The van der Waals surface area contributed by atoms with Crippen molar-refractivity contribution >= 4 is 23.2 Å². The Balaban J connectivity index is 1.45. The van der Waals surface area contributed by atoms with Crippen molar-refractivity contribution in [3.8, 4) is 11.5 Å². The Morgan fingerprint density at radius 2 is 1.69 bits per heavy atom. The molecule has 188 valence electrons. The van der Waals surface area contributed by atoms with Crippen LogP contribution in [-0.2, 0) is 16.0 Å². The first-order valence-corrected chi connectivity index (χ1v) is 12.4. The van der Waals surface area contributed by atoms with Crippen molar-refractivity contribution in [2.24, 2.45) is 0 Å². The van der Waals surface area contributed by atoms with E-state index in [-0.39, 0.29) is 6.04 Å². The van der Waals surface area contributed by atoms with Crippen LogP contribution in [0.3, 0.4) is 0 Å². The number of piperidine rings is 1. The normalized spacial score (nSPS) is 16.7. The molecule has 2 amide bonds. The topological polar surface area (TPSA) is 83.1 Å². The number of anilines is 2. The molecular formula is C27H36N4O4. The van der Waals surface area contributed by atoms with E-state index in [1.54, 1.807) is 25.3 Å². The third-order valence-electron chi connectivity index (χ3n) is 6.97. The molecule has 2 N–H and O–H groups in total. The van der Waals surface area contributed by atoms with Crippen LogP contribution in [0, 0.1) is 0 Å². The van der Waals surface area contributed by atoms with Crippen molar-refractivity contribution in [1.82, 2.24) is 10.2 Å². The molecule has 0 aliphatic carbocycles. The van der Waals surface area contributed by atoms with Crippen LogP contribution in [0.5, 0.6) is 11.5 Å². The van der Waals surface area contributed by atoms with Gasteiger partial charge in [-0.05, 0) is 68.1 Å². The standard InChI is InChI=1S/C27H36N4O4/c1-30-13-7-8-19-16-20(9-11-22(19)30)23(31-14-5-4-6-15-31)18-28-26(32)27(33)29-21-10-12-24(34-2)25(17-21)35-3/h9-12,16-17,23H,4-8,13-15,18H2,1-3H3,(H,28,32)(H,29,33)/t23-/m1/s1. The summed E-state index contributed by atoms with van der Waals surface area (Å²) in [7, 11) is 5.20. The van der Waals surface area contributed by atoms with Crippen LogP contribution in [0.25, 0.3) is 0 Å². The van der Waals surface area contributed by atoms with Gasteiger partial charge in [0.1, 0.15) is 0 Å². The molecule has 2 aromatic carbocycles. The van der Waals surface area contributed by atoms with Gasteiger partial charge in [0.25, 0.3) is 0 Å². The fraction of sp³-hybridized carbons (Fsp3) is 0.481. The third kappa shape index (κ3) is 5.88. The van der Waals surface area contributed by atoms with Crippen molar-refractivity contribution in [3.63, 3.8) is 0 Å². The van der Waals surface area contributed by atoms with Crippen LogP contribution in [-0.4, -0.2) is 64.2 Å². The number of likely N-dealkylation sites (tertiary alicyclic amines) is 1. The summed E-state index contributed by atoms with van der Waals surface area (Å²) in [6, 6.07) is 11.7. The molecule has 35 heavy (non-hydrogen) atoms. The summed E-state index contributed by atoms with van der Waals surface area (Å²) < 4.78 is 10.5. The van der Waals surface area contributed by atoms with Gasteiger partial charge < -0.3 is 25.0 Å². The lowest BCUT2D eigenvalue weighted by Gasteiger charge is -2.36. The number of carbonyl (C=O) groups excluding carboxylic acids is 2. The van der Waals surface area contributed by atoms with Crippen LogP contribution < -0.4 is 25.0 Å². The number of rotatable bonds is 7. The fourth-order valence-corrected chi connectivity index (χ4v) is 5.07. The maximum Gasteiger partial charge on any atom is 0.313 e. The van der Waals surface area contributed by atoms with Gasteiger partial charge in [0, 0.05) is 37.6 Å². The lowest BCUT2D eigenvalue weighted by Crippen LogP contribution is -2.43. The molecule has 4 rings (SSSR count). The summed E-state index contributed by atoms with van der Waals surface area (Å²) in [5.41, 5.74) is 4.31. The van der Waals surface area contributed by atoms with Crippen LogP contribution >= 0.6 is 0 Å². The second-order valence-electron chi connectivity index (χ2n) is 9.26. The first kappa shape index (κ1) is 24.9. The molecule has 0 aromatic heterocycles. The summed E-state index contributed by atoms with van der Waals surface area (Å²) in [6.07, 6.45) is 5.75. The monoisotopic (exact) mass is 480 g/mol. The minimum absolute atomic E-state index is 0.0330. The zero-order valence-electron chi connectivity index (χ0n) is 20.9. The highest BCUT2D eigenvalue weighted by molar-refractivity contribution is 6.39. The van der Waals surface area contributed by atoms with Crippen LogP contribution in [0.1, 0.15) is 42.9 Å². The molecule has 0 bridgehead atoms. The molecule has 8 heteroatoms. The highest BCUT2D eigenvalue weighted by atomic mass is 16.5. The molecule has 2 heterocycles. The number of nitrogens with one attached hydrogen (secondary N) is 2. The quantitative estimate of drug-likeness (QED) is 0.592. The number of hydrogen-bond acceptors (Lipinski definition) is 6. The van der Waals surface area contributed by atoms with E-state index in [0.29, 0.717) is 23.7 Å². The summed E-state index contributed by atoms with van der Waals surface area (Å²) in [5, 5.41) is 5.53. The van der Waals surface area contributed by atoms with Gasteiger partial charge >= 0.3 is 11.8 Å². The van der Waals surface area contributed by atoms with Gasteiger partial charge in [0.15, 0.2) is 11.5 Å². The van der Waals surface area contributed by atoms with E-state index in [1.807, 2.05) is 0 Å². The number of ether oxygens (including phenoxy) is 2. The smallest absolute Gasteiger partial charge is 0.313 e. The van der Waals surface area contributed by atoms with E-state index >= 15 is 0 Å². The summed E-state index contributed by atoms with van der Waals surface area (Å²) in [5.74, 6) is -0.328. The van der Waals surface area contributed by atoms with Gasteiger partial charge in [-0.25, -0.2) is 0 Å². The van der Waals surface area contributed by atoms with Crippen molar-refractivity contribution in [1.29, 1.82) is 0 Å². The highest BCUT2D eigenvalue weighted by Gasteiger charge is 2.26. The fourth-order valence-electron chi connectivity index (χ4n) is 5.07. The summed E-state index contributed by atoms with van der Waals surface area (Å²) >= 11 is 0. The Morgan fingerprint density at radius 1 is 0.914 bits per heavy atom. The Labute approximate surface area is 207 Å². The molecule has 0 spiro atoms. The van der Waals surface area contributed by atoms with E-state index in [9.17, 15) is 9.59 Å². The SMILES string of the molecule is COc1ccc(NC(=O)C(=O)NC[C@H](c2ccc3c(c2)CCCN3C)N2CCCCC2)cc1OC. The van der Waals surface area contributed by atoms with Crippen molar-refractivity contribution in [2.45, 2.75) is 38.1 Å². The molecule has 0 unspecified atom stereocenters. The Hall–Kier alpha value is -3.26. The average molecular weight is 481 g/mol. The second kappa shape index (κ2) is 11.4. The lowest BCUT2D eigenvalue weighted by molar-refractivity contribution is -0.136. The number of methoxy groups -OCH3 is 2. The maximum atomic E-state index is 12.7. The zero-order chi connectivity index (χ0) is 24.8. The molecule has 2 aliphatic heterocycles. The minimum Gasteiger partial charge on any atom is -0.493 e. The van der Waals surface area contributed by atoms with Crippen molar-refractivity contribution in [2.75, 3.05) is 57.7 Å². The Bertz CT molecular complexity index is 1050. The molecule has 1 saturated heterocycles. The Morgan fingerprint density at radius 3 is 2.43 bits per heavy atom. The molecule has 2 aliphatic rings. The van der Waals surface area contributed by atoms with Crippen molar-refractivity contribution < 1.29 is 19.1 Å². The predicted octanol–water partition coefficient (Wildman–Crippen LogP) is 3.37. The van der Waals surface area contributed by atoms with Gasteiger partial charge in [0.2, 0.25) is 0 Å². The third-order valence-corrected chi connectivity index (χ3v) is 6.97. The maximum absolute atomic E-state index is 12.7. The zero-order valence-corrected chi connectivity index (χ0v) is 20.9. The van der Waals surface area contributed by atoms with E-state index in [4.69, 9.17) is 9.47 Å². The number of benzene rings is 2. The number of hydrogen-bond donors (Lipinski definition) is 2. The Kier molecular flexibility index (Phi) is 8.13. The van der Waals surface area contributed by atoms with E-state index < -0.39 is 11.8 Å². The van der Waals surface area contributed by atoms with Gasteiger partial charge in [-0.15, -0.1) is 0 Å². The summed E-state index contributed by atoms with van der Waals surface area (Å²) in [6.45, 7) is 3.45. The van der Waals surface area contributed by atoms with Crippen molar-refractivity contribution in [3.05, 3.63) is 47.5 Å². The van der Waals surface area contributed by atoms with E-state index in [1.165, 1.54) is 30.3 Å². The first-order valence-electron chi connectivity index (χ1n) is 12.4.